The molecule has 11 heteroatoms. The van der Waals surface area contributed by atoms with Crippen LogP contribution in [-0.4, -0.2) is 23.2 Å². The molecule has 228 valence electrons. The van der Waals surface area contributed by atoms with Crippen molar-refractivity contribution in [3.63, 3.8) is 0 Å². The van der Waals surface area contributed by atoms with Crippen LogP contribution in [0, 0.1) is 5.82 Å². The Morgan fingerprint density at radius 3 is 2.45 bits per heavy atom. The third kappa shape index (κ3) is 6.74. The molecule has 0 amide bonds. The maximum absolute atomic E-state index is 14.1. The van der Waals surface area contributed by atoms with E-state index in [-0.39, 0.29) is 30.7 Å². The monoisotopic (exact) mass is 742 g/mol. The summed E-state index contributed by atoms with van der Waals surface area (Å²) in [5.41, 5.74) is 2.70. The topological polar surface area (TPSA) is 79.1 Å². The van der Waals surface area contributed by atoms with Crippen molar-refractivity contribution in [2.24, 2.45) is 4.99 Å². The number of aromatic nitrogens is 1. The molecule has 5 rings (SSSR count). The molecule has 44 heavy (non-hydrogen) atoms. The molecule has 1 unspecified atom stereocenters. The molecule has 1 aromatic heterocycles. The predicted octanol–water partition coefficient (Wildman–Crippen LogP) is 6.83. The number of carbonyl (C=O) groups is 1. The van der Waals surface area contributed by atoms with Gasteiger partial charge in [-0.3, -0.25) is 9.36 Å². The summed E-state index contributed by atoms with van der Waals surface area (Å²) in [5.74, 6) is 0.306. The molecule has 4 aromatic rings. The Morgan fingerprint density at radius 1 is 1.11 bits per heavy atom. The molecule has 0 saturated carbocycles. The fourth-order valence-electron chi connectivity index (χ4n) is 4.84. The van der Waals surface area contributed by atoms with E-state index in [0.717, 1.165) is 11.1 Å². The summed E-state index contributed by atoms with van der Waals surface area (Å²) in [7, 11) is 0. The fraction of sp³-hybridized carbons (Fsp3) is 0.242. The van der Waals surface area contributed by atoms with Gasteiger partial charge in [0.05, 0.1) is 37.5 Å². The summed E-state index contributed by atoms with van der Waals surface area (Å²) < 4.78 is 34.1. The van der Waals surface area contributed by atoms with E-state index in [0.29, 0.717) is 46.6 Å². The number of para-hydroxylation sites is 1. The average molecular weight is 744 g/mol. The minimum atomic E-state index is -0.789. The van der Waals surface area contributed by atoms with E-state index < -0.39 is 12.0 Å². The van der Waals surface area contributed by atoms with Crippen LogP contribution in [0.4, 0.5) is 4.39 Å². The zero-order chi connectivity index (χ0) is 31.5. The van der Waals surface area contributed by atoms with E-state index in [1.165, 1.54) is 23.5 Å². The molecule has 0 spiro atoms. The van der Waals surface area contributed by atoms with Crippen LogP contribution in [0.2, 0.25) is 0 Å². The van der Waals surface area contributed by atoms with Crippen molar-refractivity contribution < 1.29 is 23.4 Å². The van der Waals surface area contributed by atoms with Crippen LogP contribution in [0.1, 0.15) is 50.4 Å². The number of ether oxygens (including phenoxy) is 3. The summed E-state index contributed by atoms with van der Waals surface area (Å²) in [6.07, 6.45) is 1.66. The second-order valence-corrected chi connectivity index (χ2v) is 13.0. The Balaban J connectivity index is 1.58. The lowest BCUT2D eigenvalue weighted by atomic mass is 9.95. The first-order valence-corrected chi connectivity index (χ1v) is 16.3. The lowest BCUT2D eigenvalue weighted by Gasteiger charge is -2.26. The van der Waals surface area contributed by atoms with Crippen molar-refractivity contribution >= 4 is 55.2 Å². The molecular weight excluding hydrogens is 715 g/mol. The maximum atomic E-state index is 14.1. The van der Waals surface area contributed by atoms with E-state index in [2.05, 4.69) is 36.9 Å². The first kappa shape index (κ1) is 31.9. The van der Waals surface area contributed by atoms with Crippen molar-refractivity contribution in [1.29, 1.82) is 0 Å². The van der Waals surface area contributed by atoms with Gasteiger partial charge in [-0.2, -0.15) is 0 Å². The third-order valence-electron chi connectivity index (χ3n) is 6.71. The SMILES string of the molecule is CCOC(=O)C1=C(C)N=c2s/c(=C/c3cc(Br)c(OCc4ccc(F)cc4)c(Br)c3)c(=O)n2C1c1ccccc1OC(C)C. The van der Waals surface area contributed by atoms with E-state index in [1.54, 1.807) is 36.6 Å². The molecule has 1 aliphatic rings. The number of allylic oxidation sites excluding steroid dienone is 1. The Hall–Kier alpha value is -3.54. The van der Waals surface area contributed by atoms with Crippen LogP contribution >= 0.6 is 43.2 Å². The minimum absolute atomic E-state index is 0.123. The summed E-state index contributed by atoms with van der Waals surface area (Å²) in [4.78, 5) is 32.5. The third-order valence-corrected chi connectivity index (χ3v) is 8.87. The summed E-state index contributed by atoms with van der Waals surface area (Å²) in [5, 5.41) is 0. The molecule has 0 bridgehead atoms. The zero-order valence-corrected chi connectivity index (χ0v) is 28.4. The number of benzene rings is 3. The Bertz CT molecular complexity index is 1910. The van der Waals surface area contributed by atoms with E-state index in [1.807, 2.05) is 50.2 Å². The van der Waals surface area contributed by atoms with Gasteiger partial charge in [0.2, 0.25) is 0 Å². The van der Waals surface area contributed by atoms with Gasteiger partial charge in [-0.05, 0) is 107 Å². The van der Waals surface area contributed by atoms with Gasteiger partial charge >= 0.3 is 5.97 Å². The highest BCUT2D eigenvalue weighted by atomic mass is 79.9. The number of hydrogen-bond donors (Lipinski definition) is 0. The van der Waals surface area contributed by atoms with Gasteiger partial charge < -0.3 is 14.2 Å². The standard InChI is InChI=1S/C33H29Br2FN2O5S/c1-5-41-32(40)28-19(4)37-33-38(29(28)23-8-6-7-9-26(23)43-18(2)3)31(39)27(44-33)16-21-14-24(34)30(25(35)15-21)42-17-20-10-12-22(36)13-11-20/h6-16,18,29H,5,17H2,1-4H3/b27-16+. The number of nitrogens with zero attached hydrogens (tertiary/aromatic N) is 2. The lowest BCUT2D eigenvalue weighted by Crippen LogP contribution is -2.40. The molecule has 0 aliphatic carbocycles. The van der Waals surface area contributed by atoms with Gasteiger partial charge in [0.25, 0.3) is 5.56 Å². The number of halogens is 3. The molecule has 1 atom stereocenters. The predicted molar refractivity (Wildman–Crippen MR) is 175 cm³/mol. The molecular formula is C33H29Br2FN2O5S. The highest BCUT2D eigenvalue weighted by Gasteiger charge is 2.35. The molecule has 3 aromatic carbocycles. The Morgan fingerprint density at radius 2 is 1.80 bits per heavy atom. The van der Waals surface area contributed by atoms with Crippen LogP contribution in [0.15, 0.2) is 90.7 Å². The number of thiazole rings is 1. The second-order valence-electron chi connectivity index (χ2n) is 10.2. The maximum Gasteiger partial charge on any atom is 0.338 e. The van der Waals surface area contributed by atoms with Crippen LogP contribution < -0.4 is 24.4 Å². The van der Waals surface area contributed by atoms with E-state index >= 15 is 0 Å². The number of rotatable bonds is 9. The molecule has 1 aliphatic heterocycles. The highest BCUT2D eigenvalue weighted by molar-refractivity contribution is 9.11. The van der Waals surface area contributed by atoms with E-state index in [9.17, 15) is 14.0 Å². The summed E-state index contributed by atoms with van der Waals surface area (Å²) in [6.45, 7) is 7.77. The Labute approximate surface area is 274 Å². The van der Waals surface area contributed by atoms with E-state index in [4.69, 9.17) is 14.2 Å². The molecule has 2 heterocycles. The summed E-state index contributed by atoms with van der Waals surface area (Å²) in [6, 6.07) is 16.4. The molecule has 0 N–H and O–H groups in total. The number of fused-ring (bicyclic) bond motifs is 1. The second kappa shape index (κ2) is 13.6. The highest BCUT2D eigenvalue weighted by Crippen LogP contribution is 2.37. The molecule has 0 fully saturated rings. The first-order chi connectivity index (χ1) is 21.1. The number of hydrogen-bond acceptors (Lipinski definition) is 7. The Kier molecular flexibility index (Phi) is 9.87. The smallest absolute Gasteiger partial charge is 0.338 e. The van der Waals surface area contributed by atoms with Gasteiger partial charge in [0, 0.05) is 5.56 Å². The van der Waals surface area contributed by atoms with Crippen molar-refractivity contribution in [1.82, 2.24) is 4.57 Å². The largest absolute Gasteiger partial charge is 0.491 e. The van der Waals surface area contributed by atoms with Crippen molar-refractivity contribution in [2.75, 3.05) is 6.61 Å². The molecule has 0 saturated heterocycles. The number of carbonyl (C=O) groups excluding carboxylic acids is 1. The van der Waals surface area contributed by atoms with Crippen molar-refractivity contribution in [2.45, 2.75) is 46.4 Å². The molecule has 0 radical (unpaired) electrons. The van der Waals surface area contributed by atoms with Crippen LogP contribution in [0.5, 0.6) is 11.5 Å². The average Bonchev–Trinajstić information content (AvgIpc) is 3.26. The first-order valence-electron chi connectivity index (χ1n) is 13.9. The van der Waals surface area contributed by atoms with Crippen LogP contribution in [0.3, 0.4) is 0 Å². The molecule has 7 nitrogen and oxygen atoms in total. The van der Waals surface area contributed by atoms with Crippen molar-refractivity contribution in [3.05, 3.63) is 123 Å². The lowest BCUT2D eigenvalue weighted by molar-refractivity contribution is -0.139. The zero-order valence-electron chi connectivity index (χ0n) is 24.4. The van der Waals surface area contributed by atoms with Crippen LogP contribution in [-0.2, 0) is 16.1 Å². The van der Waals surface area contributed by atoms with Gasteiger partial charge in [-0.25, -0.2) is 14.2 Å². The number of esters is 1. The van der Waals surface area contributed by atoms with Gasteiger partial charge in [0.1, 0.15) is 30.0 Å². The van der Waals surface area contributed by atoms with Gasteiger partial charge in [0.15, 0.2) is 4.80 Å². The quantitative estimate of drug-likeness (QED) is 0.176. The van der Waals surface area contributed by atoms with Crippen LogP contribution in [0.25, 0.3) is 6.08 Å². The van der Waals surface area contributed by atoms with Crippen molar-refractivity contribution in [3.8, 4) is 11.5 Å². The minimum Gasteiger partial charge on any atom is -0.491 e. The normalized spacial score (nSPS) is 14.8. The van der Waals surface area contributed by atoms with Gasteiger partial charge in [-0.15, -0.1) is 0 Å². The van der Waals surface area contributed by atoms with Gasteiger partial charge in [-0.1, -0.05) is 41.7 Å². The fourth-order valence-corrected chi connectivity index (χ4v) is 7.34. The summed E-state index contributed by atoms with van der Waals surface area (Å²) >= 11 is 8.40.